The van der Waals surface area contributed by atoms with E-state index < -0.39 is 0 Å². The average molecular weight is 327 g/mol. The maximum atomic E-state index is 5.96. The smallest absolute Gasteiger partial charge is 0.172 e. The molecule has 0 radical (unpaired) electrons. The zero-order valence-corrected chi connectivity index (χ0v) is 14.4. The van der Waals surface area contributed by atoms with Crippen LogP contribution in [0.4, 0.5) is 0 Å². The minimum absolute atomic E-state index is 0.626. The molecular formula is C17H21N5O2. The molecular weight excluding hydrogens is 306 g/mol. The summed E-state index contributed by atoms with van der Waals surface area (Å²) in [6.45, 7) is 8.41. The van der Waals surface area contributed by atoms with E-state index in [9.17, 15) is 0 Å². The second-order valence-corrected chi connectivity index (χ2v) is 5.92. The lowest BCUT2D eigenvalue weighted by Crippen LogP contribution is -2.05. The SMILES string of the molecule is Cc1cc(CCCOc2c(C)cc(-n3nnc(C)n3)cc2C)on1. The topological polar surface area (TPSA) is 78.9 Å². The van der Waals surface area contributed by atoms with Gasteiger partial charge in [0, 0.05) is 12.5 Å². The van der Waals surface area contributed by atoms with Crippen molar-refractivity contribution in [2.75, 3.05) is 6.61 Å². The van der Waals surface area contributed by atoms with Gasteiger partial charge in [-0.05, 0) is 62.6 Å². The Labute approximate surface area is 140 Å². The highest BCUT2D eigenvalue weighted by molar-refractivity contribution is 5.48. The fraction of sp³-hybridized carbons (Fsp3) is 0.412. The third-order valence-corrected chi connectivity index (χ3v) is 3.68. The summed E-state index contributed by atoms with van der Waals surface area (Å²) in [5.74, 6) is 2.45. The van der Waals surface area contributed by atoms with Gasteiger partial charge in [-0.3, -0.25) is 0 Å². The summed E-state index contributed by atoms with van der Waals surface area (Å²) >= 11 is 0. The quantitative estimate of drug-likeness (QED) is 0.648. The molecule has 24 heavy (non-hydrogen) atoms. The molecule has 7 nitrogen and oxygen atoms in total. The maximum absolute atomic E-state index is 5.96. The first-order valence-corrected chi connectivity index (χ1v) is 7.96. The second-order valence-electron chi connectivity index (χ2n) is 5.92. The van der Waals surface area contributed by atoms with Gasteiger partial charge >= 0.3 is 0 Å². The third kappa shape index (κ3) is 3.61. The monoisotopic (exact) mass is 327 g/mol. The Bertz CT molecular complexity index is 814. The van der Waals surface area contributed by atoms with Gasteiger partial charge in [0.1, 0.15) is 11.5 Å². The Morgan fingerprint density at radius 3 is 2.42 bits per heavy atom. The van der Waals surface area contributed by atoms with E-state index in [1.54, 1.807) is 0 Å². The number of ether oxygens (including phenoxy) is 1. The molecule has 126 valence electrons. The molecule has 0 saturated heterocycles. The minimum atomic E-state index is 0.626. The first-order chi connectivity index (χ1) is 11.5. The normalized spacial score (nSPS) is 11.0. The summed E-state index contributed by atoms with van der Waals surface area (Å²) in [7, 11) is 0. The molecule has 0 saturated carbocycles. The van der Waals surface area contributed by atoms with E-state index in [1.165, 1.54) is 4.80 Å². The molecule has 0 atom stereocenters. The predicted octanol–water partition coefficient (Wildman–Crippen LogP) is 2.90. The van der Waals surface area contributed by atoms with Crippen LogP contribution in [0.3, 0.4) is 0 Å². The number of hydrogen-bond acceptors (Lipinski definition) is 6. The van der Waals surface area contributed by atoms with Crippen molar-refractivity contribution in [1.29, 1.82) is 0 Å². The van der Waals surface area contributed by atoms with Gasteiger partial charge in [-0.1, -0.05) is 5.16 Å². The van der Waals surface area contributed by atoms with Gasteiger partial charge in [0.05, 0.1) is 18.0 Å². The maximum Gasteiger partial charge on any atom is 0.172 e. The van der Waals surface area contributed by atoms with Gasteiger partial charge in [0.25, 0.3) is 0 Å². The van der Waals surface area contributed by atoms with Gasteiger partial charge in [0.15, 0.2) is 5.82 Å². The van der Waals surface area contributed by atoms with Crippen LogP contribution in [0.1, 0.15) is 34.8 Å². The highest BCUT2D eigenvalue weighted by Gasteiger charge is 2.10. The molecule has 0 spiro atoms. The summed E-state index contributed by atoms with van der Waals surface area (Å²) in [6.07, 6.45) is 1.69. The number of aromatic nitrogens is 5. The second kappa shape index (κ2) is 6.82. The number of nitrogens with zero attached hydrogens (tertiary/aromatic N) is 5. The van der Waals surface area contributed by atoms with E-state index in [0.29, 0.717) is 12.4 Å². The Hall–Kier alpha value is -2.70. The molecule has 0 fully saturated rings. The number of benzene rings is 1. The Morgan fingerprint density at radius 1 is 1.08 bits per heavy atom. The first-order valence-electron chi connectivity index (χ1n) is 7.96. The summed E-state index contributed by atoms with van der Waals surface area (Å²) in [6, 6.07) is 5.96. The van der Waals surface area contributed by atoms with E-state index in [0.717, 1.165) is 46.9 Å². The molecule has 0 aliphatic carbocycles. The van der Waals surface area contributed by atoms with Crippen molar-refractivity contribution in [3.05, 3.63) is 46.6 Å². The van der Waals surface area contributed by atoms with Crippen molar-refractivity contribution in [2.45, 2.75) is 40.5 Å². The molecule has 0 N–H and O–H groups in total. The summed E-state index contributed by atoms with van der Waals surface area (Å²) < 4.78 is 11.2. The predicted molar refractivity (Wildman–Crippen MR) is 88.4 cm³/mol. The van der Waals surface area contributed by atoms with Crippen LogP contribution in [0.15, 0.2) is 22.7 Å². The molecule has 1 aromatic carbocycles. The molecule has 0 bridgehead atoms. The van der Waals surface area contributed by atoms with Crippen LogP contribution in [0.2, 0.25) is 0 Å². The number of aryl methyl sites for hydroxylation is 5. The molecule has 2 heterocycles. The van der Waals surface area contributed by atoms with E-state index in [4.69, 9.17) is 9.26 Å². The van der Waals surface area contributed by atoms with E-state index in [2.05, 4.69) is 20.6 Å². The van der Waals surface area contributed by atoms with Gasteiger partial charge in [-0.15, -0.1) is 15.0 Å². The van der Waals surface area contributed by atoms with Crippen LogP contribution in [-0.2, 0) is 6.42 Å². The number of tetrazole rings is 1. The van der Waals surface area contributed by atoms with Crippen molar-refractivity contribution < 1.29 is 9.26 Å². The van der Waals surface area contributed by atoms with Gasteiger partial charge in [-0.25, -0.2) is 0 Å². The summed E-state index contributed by atoms with van der Waals surface area (Å²) in [5.41, 5.74) is 3.89. The fourth-order valence-electron chi connectivity index (χ4n) is 2.62. The summed E-state index contributed by atoms with van der Waals surface area (Å²) in [5, 5.41) is 16.1. The highest BCUT2D eigenvalue weighted by atomic mass is 16.5. The summed E-state index contributed by atoms with van der Waals surface area (Å²) in [4.78, 5) is 1.53. The lowest BCUT2D eigenvalue weighted by molar-refractivity contribution is 0.296. The van der Waals surface area contributed by atoms with E-state index >= 15 is 0 Å². The van der Waals surface area contributed by atoms with E-state index in [-0.39, 0.29) is 0 Å². The largest absolute Gasteiger partial charge is 0.493 e. The zero-order chi connectivity index (χ0) is 17.1. The van der Waals surface area contributed by atoms with Crippen molar-refractivity contribution in [2.24, 2.45) is 0 Å². The molecule has 7 heteroatoms. The number of rotatable bonds is 6. The lowest BCUT2D eigenvalue weighted by Gasteiger charge is -2.13. The Kier molecular flexibility index (Phi) is 4.59. The van der Waals surface area contributed by atoms with Gasteiger partial charge in [-0.2, -0.15) is 0 Å². The van der Waals surface area contributed by atoms with Crippen LogP contribution in [0, 0.1) is 27.7 Å². The van der Waals surface area contributed by atoms with Crippen LogP contribution in [0.25, 0.3) is 5.69 Å². The molecule has 0 aliphatic rings. The zero-order valence-electron chi connectivity index (χ0n) is 14.4. The molecule has 2 aromatic heterocycles. The Morgan fingerprint density at radius 2 is 1.83 bits per heavy atom. The number of hydrogen-bond donors (Lipinski definition) is 0. The average Bonchev–Trinajstić information content (AvgIpc) is 3.14. The molecule has 3 rings (SSSR count). The van der Waals surface area contributed by atoms with Crippen LogP contribution >= 0.6 is 0 Å². The van der Waals surface area contributed by atoms with Gasteiger partial charge in [0.2, 0.25) is 0 Å². The fourth-order valence-corrected chi connectivity index (χ4v) is 2.62. The van der Waals surface area contributed by atoms with E-state index in [1.807, 2.05) is 45.9 Å². The molecule has 3 aromatic rings. The van der Waals surface area contributed by atoms with Crippen molar-refractivity contribution in [3.63, 3.8) is 0 Å². The standard InChI is InChI=1S/C17H21N5O2/c1-11-8-15(22-19-14(4)18-21-22)9-12(2)17(11)23-7-5-6-16-10-13(3)20-24-16/h8-10H,5-7H2,1-4H3. The van der Waals surface area contributed by atoms with Gasteiger partial charge < -0.3 is 9.26 Å². The Balaban J connectivity index is 1.63. The van der Waals surface area contributed by atoms with Crippen molar-refractivity contribution in [1.82, 2.24) is 25.4 Å². The van der Waals surface area contributed by atoms with Crippen LogP contribution in [-0.4, -0.2) is 32.0 Å². The third-order valence-electron chi connectivity index (χ3n) is 3.68. The minimum Gasteiger partial charge on any atom is -0.493 e. The lowest BCUT2D eigenvalue weighted by atomic mass is 10.1. The van der Waals surface area contributed by atoms with Crippen molar-refractivity contribution >= 4 is 0 Å². The first kappa shape index (κ1) is 16.2. The van der Waals surface area contributed by atoms with Crippen molar-refractivity contribution in [3.8, 4) is 11.4 Å². The highest BCUT2D eigenvalue weighted by Crippen LogP contribution is 2.26. The van der Waals surface area contributed by atoms with Crippen LogP contribution < -0.4 is 4.74 Å². The van der Waals surface area contributed by atoms with Crippen LogP contribution in [0.5, 0.6) is 5.75 Å². The molecule has 0 amide bonds. The molecule has 0 unspecified atom stereocenters. The molecule has 0 aliphatic heterocycles.